The Balaban J connectivity index is 2.12. The molecular formula is C57H98N6O14. The average Bonchev–Trinajstić information content (AvgIpc) is 3.86. The summed E-state index contributed by atoms with van der Waals surface area (Å²) in [7, 11) is 9.84. The molecule has 0 spiro atoms. The third kappa shape index (κ3) is 22.1. The standard InChI is InChI=1S/C57H98N6O14/c1-18-37(6)51(62(14)56(71)49(35(2)3)60-55(70)50(36(4)5)61(12)13)43(72-15)30-45(66)63-29-23-26-42(63)52(74-17)38(7)54(69)59-39(8)53(40-24-20-19-21-25-40)77-47(68)32-58-44(65)27-22-28-46(67)75-34-48(73-16)76-41(33-64)31-57(9,10)11/h19-21,24-25,35-39,41-43,48-53,64H,18,22-23,26-34H2,1-17H3,(H,58,65)(H,59,69)(H,60,70)/t37-,38+,39+,41?,42-,43+,48?,49?,50-,51-,52+,53?/m0/s1. The largest absolute Gasteiger partial charge is 0.460 e. The third-order valence-electron chi connectivity index (χ3n) is 14.4. The second kappa shape index (κ2) is 33.6. The third-order valence-corrected chi connectivity index (χ3v) is 14.4. The fraction of sp³-hybridized carbons (Fsp3) is 0.772. The van der Waals surface area contributed by atoms with Crippen molar-refractivity contribution in [3.63, 3.8) is 0 Å². The van der Waals surface area contributed by atoms with E-state index in [4.69, 9.17) is 28.4 Å². The number of likely N-dealkylation sites (N-methyl/N-ethyl adjacent to an activating group) is 2. The molecular weight excluding hydrogens is 993 g/mol. The number of ether oxygens (including phenoxy) is 6. The Hall–Kier alpha value is -4.73. The maximum Gasteiger partial charge on any atom is 0.326 e. The Morgan fingerprint density at radius 1 is 0.831 bits per heavy atom. The van der Waals surface area contributed by atoms with E-state index < -0.39 is 97.1 Å². The number of benzene rings is 1. The fourth-order valence-electron chi connectivity index (χ4n) is 10.2. The SMILES string of the molecule is CC[C@H](C)[C@@H]([C@@H](CC(=O)N1CCC[C@H]1[C@H](OC)[C@@H](C)C(=O)N[C@H](C)C(OC(=O)CNC(=O)CCCC(=O)OCC(OC)OC(CO)CC(C)(C)C)c1ccccc1)OC)N(C)C(=O)C(NC(=O)[C@H](C(C)C)N(C)C)C(C)C. The molecule has 1 aromatic carbocycles. The van der Waals surface area contributed by atoms with Crippen molar-refractivity contribution in [2.24, 2.45) is 29.1 Å². The van der Waals surface area contributed by atoms with E-state index in [9.17, 15) is 38.7 Å². The van der Waals surface area contributed by atoms with Crippen LogP contribution in [0.3, 0.4) is 0 Å². The summed E-state index contributed by atoms with van der Waals surface area (Å²) in [4.78, 5) is 100. The molecule has 4 unspecified atom stereocenters. The van der Waals surface area contributed by atoms with Gasteiger partial charge in [0.1, 0.15) is 25.3 Å². The Morgan fingerprint density at radius 2 is 1.48 bits per heavy atom. The summed E-state index contributed by atoms with van der Waals surface area (Å²) < 4.78 is 34.3. The molecule has 440 valence electrons. The van der Waals surface area contributed by atoms with Gasteiger partial charge in [0, 0.05) is 47.8 Å². The predicted molar refractivity (Wildman–Crippen MR) is 293 cm³/mol. The number of aliphatic hydroxyl groups is 1. The van der Waals surface area contributed by atoms with E-state index in [0.717, 1.165) is 0 Å². The molecule has 0 aromatic heterocycles. The average molecular weight is 1090 g/mol. The summed E-state index contributed by atoms with van der Waals surface area (Å²) in [6.45, 7) is 20.8. The first kappa shape index (κ1) is 68.4. The number of aliphatic hydroxyl groups excluding tert-OH is 1. The molecule has 20 heteroatoms. The van der Waals surface area contributed by atoms with E-state index in [0.29, 0.717) is 37.8 Å². The maximum atomic E-state index is 14.5. The lowest BCUT2D eigenvalue weighted by molar-refractivity contribution is -0.198. The molecule has 1 aliphatic rings. The predicted octanol–water partition coefficient (Wildman–Crippen LogP) is 5.04. The highest BCUT2D eigenvalue weighted by atomic mass is 16.7. The van der Waals surface area contributed by atoms with Crippen LogP contribution in [0.1, 0.15) is 139 Å². The monoisotopic (exact) mass is 1090 g/mol. The minimum absolute atomic E-state index is 0.00956. The molecule has 2 rings (SSSR count). The number of amides is 5. The maximum absolute atomic E-state index is 14.5. The molecule has 5 amide bonds. The summed E-state index contributed by atoms with van der Waals surface area (Å²) in [5.74, 6) is -3.96. The zero-order valence-electron chi connectivity index (χ0n) is 49.6. The summed E-state index contributed by atoms with van der Waals surface area (Å²) in [5.41, 5.74) is 0.501. The van der Waals surface area contributed by atoms with Gasteiger partial charge in [-0.15, -0.1) is 0 Å². The van der Waals surface area contributed by atoms with Gasteiger partial charge in [-0.05, 0) is 75.4 Å². The topological polar surface area (TPSA) is 241 Å². The number of esters is 2. The molecule has 12 atom stereocenters. The molecule has 20 nitrogen and oxygen atoms in total. The first-order chi connectivity index (χ1) is 36.2. The van der Waals surface area contributed by atoms with Crippen molar-refractivity contribution >= 4 is 41.5 Å². The smallest absolute Gasteiger partial charge is 0.326 e. The number of hydrogen-bond acceptors (Lipinski definition) is 15. The zero-order valence-corrected chi connectivity index (χ0v) is 49.6. The van der Waals surface area contributed by atoms with Gasteiger partial charge < -0.3 is 59.3 Å². The summed E-state index contributed by atoms with van der Waals surface area (Å²) >= 11 is 0. The van der Waals surface area contributed by atoms with Crippen molar-refractivity contribution in [2.75, 3.05) is 68.8 Å². The summed E-state index contributed by atoms with van der Waals surface area (Å²) in [5, 5.41) is 18.3. The van der Waals surface area contributed by atoms with Crippen LogP contribution in [0, 0.1) is 29.1 Å². The van der Waals surface area contributed by atoms with Crippen LogP contribution < -0.4 is 16.0 Å². The Morgan fingerprint density at radius 3 is 2.01 bits per heavy atom. The number of nitrogens with one attached hydrogen (secondary N) is 3. The van der Waals surface area contributed by atoms with Crippen LogP contribution in [0.4, 0.5) is 0 Å². The van der Waals surface area contributed by atoms with Gasteiger partial charge in [-0.25, -0.2) is 0 Å². The van der Waals surface area contributed by atoms with E-state index in [-0.39, 0.29) is 79.8 Å². The minimum Gasteiger partial charge on any atom is -0.460 e. The van der Waals surface area contributed by atoms with Gasteiger partial charge in [0.15, 0.2) is 6.29 Å². The number of likely N-dealkylation sites (tertiary alicyclic amines) is 1. The van der Waals surface area contributed by atoms with E-state index in [2.05, 4.69) is 16.0 Å². The van der Waals surface area contributed by atoms with Crippen molar-refractivity contribution < 1.29 is 67.1 Å². The minimum atomic E-state index is -0.949. The molecule has 1 saturated heterocycles. The Bertz CT molecular complexity index is 1980. The second-order valence-corrected chi connectivity index (χ2v) is 22.8. The van der Waals surface area contributed by atoms with Crippen LogP contribution in [0.15, 0.2) is 30.3 Å². The first-order valence-corrected chi connectivity index (χ1v) is 27.5. The van der Waals surface area contributed by atoms with Gasteiger partial charge in [-0.1, -0.05) is 106 Å². The first-order valence-electron chi connectivity index (χ1n) is 27.5. The van der Waals surface area contributed by atoms with Crippen LogP contribution in [-0.2, 0) is 62.0 Å². The van der Waals surface area contributed by atoms with Gasteiger partial charge in [-0.3, -0.25) is 38.5 Å². The van der Waals surface area contributed by atoms with E-state index in [1.165, 1.54) is 21.3 Å². The summed E-state index contributed by atoms with van der Waals surface area (Å²) in [6.07, 6.45) is -1.26. The Labute approximate surface area is 460 Å². The molecule has 0 radical (unpaired) electrons. The van der Waals surface area contributed by atoms with Crippen molar-refractivity contribution in [1.29, 1.82) is 0 Å². The zero-order chi connectivity index (χ0) is 58.3. The number of rotatable bonds is 34. The molecule has 77 heavy (non-hydrogen) atoms. The van der Waals surface area contributed by atoms with Crippen LogP contribution in [0.5, 0.6) is 0 Å². The highest BCUT2D eigenvalue weighted by Gasteiger charge is 2.44. The number of methoxy groups -OCH3 is 3. The molecule has 0 saturated carbocycles. The lowest BCUT2D eigenvalue weighted by Gasteiger charge is -2.41. The number of nitrogens with zero attached hydrogens (tertiary/aromatic N) is 3. The molecule has 4 N–H and O–H groups in total. The van der Waals surface area contributed by atoms with Crippen molar-refractivity contribution in [3.8, 4) is 0 Å². The lowest BCUT2D eigenvalue weighted by Crippen LogP contribution is -2.59. The van der Waals surface area contributed by atoms with Gasteiger partial charge in [0.05, 0.1) is 61.4 Å². The van der Waals surface area contributed by atoms with Crippen LogP contribution in [0.2, 0.25) is 0 Å². The highest BCUT2D eigenvalue weighted by molar-refractivity contribution is 5.90. The molecule has 0 aliphatic carbocycles. The molecule has 1 heterocycles. The van der Waals surface area contributed by atoms with E-state index in [1.54, 1.807) is 55.0 Å². The quantitative estimate of drug-likeness (QED) is 0.0522. The highest BCUT2D eigenvalue weighted by Crippen LogP contribution is 2.31. The number of hydrogen-bond donors (Lipinski definition) is 4. The van der Waals surface area contributed by atoms with Crippen molar-refractivity contribution in [1.82, 2.24) is 30.7 Å². The van der Waals surface area contributed by atoms with Gasteiger partial charge in [-0.2, -0.15) is 0 Å². The van der Waals surface area contributed by atoms with Gasteiger partial charge in [0.25, 0.3) is 0 Å². The van der Waals surface area contributed by atoms with Crippen LogP contribution in [-0.4, -0.2) is 185 Å². The molecule has 1 fully saturated rings. The van der Waals surface area contributed by atoms with E-state index in [1.807, 2.05) is 87.4 Å². The molecule has 0 bridgehead atoms. The normalized spacial score (nSPS) is 18.2. The second-order valence-electron chi connectivity index (χ2n) is 22.8. The van der Waals surface area contributed by atoms with Crippen LogP contribution >= 0.6 is 0 Å². The lowest BCUT2D eigenvalue weighted by atomic mass is 9.89. The van der Waals surface area contributed by atoms with Gasteiger partial charge in [0.2, 0.25) is 29.5 Å². The number of carbonyl (C=O) groups excluding carboxylic acids is 7. The van der Waals surface area contributed by atoms with E-state index >= 15 is 0 Å². The summed E-state index contributed by atoms with van der Waals surface area (Å²) in [6, 6.07) is 5.92. The number of carbonyl (C=O) groups is 7. The van der Waals surface area contributed by atoms with Crippen molar-refractivity contribution in [3.05, 3.63) is 35.9 Å². The molecule has 1 aromatic rings. The molecule has 1 aliphatic heterocycles. The fourth-order valence-corrected chi connectivity index (χ4v) is 10.2. The van der Waals surface area contributed by atoms with Crippen molar-refractivity contribution in [2.45, 2.75) is 188 Å². The van der Waals surface area contributed by atoms with Gasteiger partial charge >= 0.3 is 11.9 Å². The van der Waals surface area contributed by atoms with Crippen LogP contribution in [0.25, 0.3) is 0 Å². The Kier molecular flexibility index (Phi) is 29.9.